The minimum atomic E-state index is 0.0671. The topological polar surface area (TPSA) is 44.4 Å². The first-order chi connectivity index (χ1) is 10.2. The van der Waals surface area contributed by atoms with Crippen LogP contribution in [-0.2, 0) is 4.79 Å². The van der Waals surface area contributed by atoms with Gasteiger partial charge in [-0.3, -0.25) is 9.69 Å². The molecule has 1 aliphatic rings. The molecule has 0 aromatic heterocycles. The summed E-state index contributed by atoms with van der Waals surface area (Å²) < 4.78 is 0. The van der Waals surface area contributed by atoms with Crippen molar-refractivity contribution in [1.82, 2.24) is 10.2 Å². The molecule has 1 fully saturated rings. The number of para-hydroxylation sites is 1. The molecule has 1 aromatic rings. The minimum absolute atomic E-state index is 0.0671. The lowest BCUT2D eigenvalue weighted by Gasteiger charge is -2.34. The van der Waals surface area contributed by atoms with Crippen LogP contribution in [0.2, 0.25) is 0 Å². The molecule has 0 atom stereocenters. The van der Waals surface area contributed by atoms with Gasteiger partial charge in [0.05, 0.1) is 6.54 Å². The predicted molar refractivity (Wildman–Crippen MR) is 87.4 cm³/mol. The Labute approximate surface area is 127 Å². The maximum absolute atomic E-state index is 12.1. The third-order valence-corrected chi connectivity index (χ3v) is 4.26. The van der Waals surface area contributed by atoms with Gasteiger partial charge < -0.3 is 10.6 Å². The van der Waals surface area contributed by atoms with Crippen LogP contribution in [0.1, 0.15) is 32.6 Å². The molecule has 1 amide bonds. The molecule has 0 aliphatic heterocycles. The van der Waals surface area contributed by atoms with Crippen molar-refractivity contribution in [2.75, 3.05) is 25.5 Å². The molecular formula is C17H27N3O. The number of nitrogens with one attached hydrogen (secondary N) is 2. The van der Waals surface area contributed by atoms with Crippen molar-refractivity contribution in [2.24, 2.45) is 0 Å². The predicted octanol–water partition coefficient (Wildman–Crippen LogP) is 2.48. The lowest BCUT2D eigenvalue weighted by Crippen LogP contribution is -2.43. The maximum atomic E-state index is 12.1. The van der Waals surface area contributed by atoms with E-state index in [4.69, 9.17) is 0 Å². The van der Waals surface area contributed by atoms with Crippen molar-refractivity contribution >= 4 is 11.6 Å². The van der Waals surface area contributed by atoms with E-state index in [0.29, 0.717) is 18.6 Å². The fourth-order valence-corrected chi connectivity index (χ4v) is 3.09. The van der Waals surface area contributed by atoms with Crippen LogP contribution in [0, 0.1) is 0 Å². The van der Waals surface area contributed by atoms with Gasteiger partial charge in [0.2, 0.25) is 5.91 Å². The zero-order valence-electron chi connectivity index (χ0n) is 13.1. The van der Waals surface area contributed by atoms with E-state index in [1.165, 1.54) is 25.7 Å². The number of nitrogens with zero attached hydrogens (tertiary/aromatic N) is 1. The summed E-state index contributed by atoms with van der Waals surface area (Å²) in [5.41, 5.74) is 0.867. The average Bonchev–Trinajstić information content (AvgIpc) is 2.49. The molecule has 2 N–H and O–H groups in total. The molecule has 21 heavy (non-hydrogen) atoms. The Kier molecular flexibility index (Phi) is 6.21. The molecule has 2 rings (SSSR count). The highest BCUT2D eigenvalue weighted by Gasteiger charge is 2.24. The van der Waals surface area contributed by atoms with Crippen molar-refractivity contribution in [3.63, 3.8) is 0 Å². The standard InChI is InChI=1S/C17H27N3O/c1-3-18-14-9-11-16(12-10-14)20(2)13-17(21)19-15-7-5-4-6-8-15/h4-8,14,16,18H,3,9-13H2,1-2H3,(H,19,21). The van der Waals surface area contributed by atoms with Crippen LogP contribution in [0.3, 0.4) is 0 Å². The first-order valence-electron chi connectivity index (χ1n) is 7.97. The van der Waals surface area contributed by atoms with Gasteiger partial charge in [0.15, 0.2) is 0 Å². The third-order valence-electron chi connectivity index (χ3n) is 4.26. The molecule has 1 aliphatic carbocycles. The van der Waals surface area contributed by atoms with E-state index in [2.05, 4.69) is 29.5 Å². The van der Waals surface area contributed by atoms with Crippen LogP contribution in [0.4, 0.5) is 5.69 Å². The molecule has 4 nitrogen and oxygen atoms in total. The first-order valence-corrected chi connectivity index (χ1v) is 7.97. The van der Waals surface area contributed by atoms with Gasteiger partial charge in [-0.2, -0.15) is 0 Å². The van der Waals surface area contributed by atoms with E-state index in [1.807, 2.05) is 30.3 Å². The SMILES string of the molecule is CCNC1CCC(N(C)CC(=O)Nc2ccccc2)CC1. The summed E-state index contributed by atoms with van der Waals surface area (Å²) >= 11 is 0. The summed E-state index contributed by atoms with van der Waals surface area (Å²) in [6.07, 6.45) is 4.77. The zero-order chi connectivity index (χ0) is 15.1. The highest BCUT2D eigenvalue weighted by molar-refractivity contribution is 5.92. The maximum Gasteiger partial charge on any atom is 0.238 e. The molecule has 0 heterocycles. The van der Waals surface area contributed by atoms with Gasteiger partial charge in [-0.1, -0.05) is 25.1 Å². The minimum Gasteiger partial charge on any atom is -0.325 e. The van der Waals surface area contributed by atoms with Gasteiger partial charge in [-0.15, -0.1) is 0 Å². The zero-order valence-corrected chi connectivity index (χ0v) is 13.1. The van der Waals surface area contributed by atoms with Gasteiger partial charge >= 0.3 is 0 Å². The largest absolute Gasteiger partial charge is 0.325 e. The Morgan fingerprint density at radius 1 is 1.19 bits per heavy atom. The fourth-order valence-electron chi connectivity index (χ4n) is 3.09. The van der Waals surface area contributed by atoms with E-state index < -0.39 is 0 Å². The fraction of sp³-hybridized carbons (Fsp3) is 0.588. The number of likely N-dealkylation sites (N-methyl/N-ethyl adjacent to an activating group) is 1. The van der Waals surface area contributed by atoms with Gasteiger partial charge in [0.1, 0.15) is 0 Å². The third kappa shape index (κ3) is 5.14. The second-order valence-electron chi connectivity index (χ2n) is 5.89. The number of anilines is 1. The number of carbonyl (C=O) groups excluding carboxylic acids is 1. The Morgan fingerprint density at radius 2 is 1.86 bits per heavy atom. The van der Waals surface area contributed by atoms with Crippen LogP contribution in [0.5, 0.6) is 0 Å². The molecule has 0 bridgehead atoms. The molecule has 0 saturated heterocycles. The molecular weight excluding hydrogens is 262 g/mol. The summed E-state index contributed by atoms with van der Waals surface area (Å²) in [5.74, 6) is 0.0671. The molecule has 0 radical (unpaired) electrons. The Hall–Kier alpha value is -1.39. The van der Waals surface area contributed by atoms with E-state index >= 15 is 0 Å². The second-order valence-corrected chi connectivity index (χ2v) is 5.89. The number of hydrogen-bond acceptors (Lipinski definition) is 3. The van der Waals surface area contributed by atoms with Crippen molar-refractivity contribution in [1.29, 1.82) is 0 Å². The van der Waals surface area contributed by atoms with Gasteiger partial charge in [-0.05, 0) is 51.4 Å². The number of rotatable bonds is 6. The van der Waals surface area contributed by atoms with Crippen molar-refractivity contribution in [2.45, 2.75) is 44.7 Å². The normalized spacial score (nSPS) is 22.2. The summed E-state index contributed by atoms with van der Waals surface area (Å²) in [6, 6.07) is 10.8. The Bertz CT molecular complexity index is 427. The van der Waals surface area contributed by atoms with Crippen LogP contribution < -0.4 is 10.6 Å². The average molecular weight is 289 g/mol. The van der Waals surface area contributed by atoms with Crippen LogP contribution in [0.15, 0.2) is 30.3 Å². The smallest absolute Gasteiger partial charge is 0.238 e. The molecule has 4 heteroatoms. The highest BCUT2D eigenvalue weighted by atomic mass is 16.2. The molecule has 1 saturated carbocycles. The van der Waals surface area contributed by atoms with Crippen molar-refractivity contribution in [3.05, 3.63) is 30.3 Å². The number of hydrogen-bond donors (Lipinski definition) is 2. The Morgan fingerprint density at radius 3 is 2.48 bits per heavy atom. The van der Waals surface area contributed by atoms with E-state index in [0.717, 1.165) is 12.2 Å². The first kappa shape index (κ1) is 16.0. The molecule has 1 aromatic carbocycles. The summed E-state index contributed by atoms with van der Waals surface area (Å²) in [6.45, 7) is 3.67. The lowest BCUT2D eigenvalue weighted by molar-refractivity contribution is -0.117. The second kappa shape index (κ2) is 8.15. The number of carbonyl (C=O) groups is 1. The summed E-state index contributed by atoms with van der Waals surface area (Å²) in [7, 11) is 2.06. The number of benzene rings is 1. The van der Waals surface area contributed by atoms with Crippen molar-refractivity contribution in [3.8, 4) is 0 Å². The van der Waals surface area contributed by atoms with E-state index in [1.54, 1.807) is 0 Å². The summed E-state index contributed by atoms with van der Waals surface area (Å²) in [5, 5.41) is 6.47. The van der Waals surface area contributed by atoms with Gasteiger partial charge in [-0.25, -0.2) is 0 Å². The summed E-state index contributed by atoms with van der Waals surface area (Å²) in [4.78, 5) is 14.3. The monoisotopic (exact) mass is 289 g/mol. The molecule has 0 unspecified atom stereocenters. The van der Waals surface area contributed by atoms with Gasteiger partial charge in [0.25, 0.3) is 0 Å². The molecule has 116 valence electrons. The lowest BCUT2D eigenvalue weighted by atomic mass is 9.90. The van der Waals surface area contributed by atoms with Crippen LogP contribution in [-0.4, -0.2) is 43.0 Å². The molecule has 0 spiro atoms. The Balaban J connectivity index is 1.74. The van der Waals surface area contributed by atoms with E-state index in [9.17, 15) is 4.79 Å². The van der Waals surface area contributed by atoms with E-state index in [-0.39, 0.29) is 5.91 Å². The van der Waals surface area contributed by atoms with Gasteiger partial charge in [0, 0.05) is 17.8 Å². The number of amides is 1. The van der Waals surface area contributed by atoms with Crippen LogP contribution >= 0.6 is 0 Å². The van der Waals surface area contributed by atoms with Crippen molar-refractivity contribution < 1.29 is 4.79 Å². The quantitative estimate of drug-likeness (QED) is 0.845. The van der Waals surface area contributed by atoms with Crippen LogP contribution in [0.25, 0.3) is 0 Å². The highest BCUT2D eigenvalue weighted by Crippen LogP contribution is 2.22.